The number of hydrogen-bond donors (Lipinski definition) is 1. The molecule has 2 aromatic carbocycles. The Morgan fingerprint density at radius 3 is 2.44 bits per heavy atom. The largest absolute Gasteiger partial charge is 0.324 e. The quantitative estimate of drug-likeness (QED) is 0.873. The molecule has 2 rings (SSSR count). The van der Waals surface area contributed by atoms with E-state index in [1.807, 2.05) is 24.3 Å². The number of halogens is 2. The van der Waals surface area contributed by atoms with Gasteiger partial charge in [0.1, 0.15) is 0 Å². The summed E-state index contributed by atoms with van der Waals surface area (Å²) in [6, 6.07) is 14.1. The van der Waals surface area contributed by atoms with Crippen LogP contribution in [0.15, 0.2) is 46.9 Å². The zero-order chi connectivity index (χ0) is 13.1. The summed E-state index contributed by atoms with van der Waals surface area (Å²) in [5.74, 6) is 0. The Bertz CT molecular complexity index is 537. The second kappa shape index (κ2) is 5.87. The third-order valence-corrected chi connectivity index (χ3v) is 3.86. The predicted octanol–water partition coefficient (Wildman–Crippen LogP) is 4.65. The number of nitrogens with two attached hydrogens (primary N) is 1. The minimum absolute atomic E-state index is 0.0128. The molecule has 0 aliphatic heterocycles. The maximum absolute atomic E-state index is 6.25. The van der Waals surface area contributed by atoms with Crippen LogP contribution in [0.4, 0.5) is 0 Å². The Morgan fingerprint density at radius 1 is 1.17 bits per heavy atom. The Kier molecular flexibility index (Phi) is 4.44. The van der Waals surface area contributed by atoms with E-state index in [0.717, 1.165) is 21.5 Å². The van der Waals surface area contributed by atoms with Gasteiger partial charge in [-0.2, -0.15) is 0 Å². The second-order valence-electron chi connectivity index (χ2n) is 4.46. The first-order chi connectivity index (χ1) is 8.56. The molecule has 0 saturated heterocycles. The summed E-state index contributed by atoms with van der Waals surface area (Å²) >= 11 is 9.44. The average molecular weight is 325 g/mol. The van der Waals surface area contributed by atoms with Gasteiger partial charge in [-0.3, -0.25) is 0 Å². The molecular formula is C15H15BrClN. The fraction of sp³-hybridized carbons (Fsp3) is 0.200. The van der Waals surface area contributed by atoms with Gasteiger partial charge < -0.3 is 5.73 Å². The molecule has 2 N–H and O–H groups in total. The SMILES string of the molecule is Cc1ccc(C(N)Cc2ccc(Cl)cc2)c(Br)c1. The molecule has 0 fully saturated rings. The summed E-state index contributed by atoms with van der Waals surface area (Å²) in [5, 5.41) is 0.754. The fourth-order valence-corrected chi connectivity index (χ4v) is 2.83. The summed E-state index contributed by atoms with van der Waals surface area (Å²) in [6.45, 7) is 2.07. The fourth-order valence-electron chi connectivity index (χ4n) is 1.92. The zero-order valence-corrected chi connectivity index (χ0v) is 12.5. The molecule has 0 radical (unpaired) electrons. The van der Waals surface area contributed by atoms with Gasteiger partial charge in [0.25, 0.3) is 0 Å². The van der Waals surface area contributed by atoms with Gasteiger partial charge in [-0.05, 0) is 48.2 Å². The molecule has 94 valence electrons. The maximum atomic E-state index is 6.25. The van der Waals surface area contributed by atoms with Crippen LogP contribution in [0.5, 0.6) is 0 Å². The molecule has 0 heterocycles. The molecule has 0 spiro atoms. The van der Waals surface area contributed by atoms with E-state index in [2.05, 4.69) is 41.1 Å². The van der Waals surface area contributed by atoms with Crippen LogP contribution in [-0.2, 0) is 6.42 Å². The average Bonchev–Trinajstić information content (AvgIpc) is 2.32. The van der Waals surface area contributed by atoms with Crippen LogP contribution < -0.4 is 5.73 Å². The highest BCUT2D eigenvalue weighted by atomic mass is 79.9. The summed E-state index contributed by atoms with van der Waals surface area (Å²) in [7, 11) is 0. The predicted molar refractivity (Wildman–Crippen MR) is 81.0 cm³/mol. The molecule has 18 heavy (non-hydrogen) atoms. The van der Waals surface area contributed by atoms with E-state index < -0.39 is 0 Å². The normalized spacial score (nSPS) is 12.4. The van der Waals surface area contributed by atoms with Crippen LogP contribution >= 0.6 is 27.5 Å². The summed E-state index contributed by atoms with van der Waals surface area (Å²) in [6.07, 6.45) is 0.804. The minimum Gasteiger partial charge on any atom is -0.324 e. The monoisotopic (exact) mass is 323 g/mol. The zero-order valence-electron chi connectivity index (χ0n) is 10.2. The van der Waals surface area contributed by atoms with Gasteiger partial charge in [-0.25, -0.2) is 0 Å². The van der Waals surface area contributed by atoms with Crippen LogP contribution in [0.3, 0.4) is 0 Å². The van der Waals surface area contributed by atoms with Crippen molar-refractivity contribution in [3.8, 4) is 0 Å². The third kappa shape index (κ3) is 3.35. The van der Waals surface area contributed by atoms with Crippen molar-refractivity contribution in [2.24, 2.45) is 5.73 Å². The van der Waals surface area contributed by atoms with Crippen molar-refractivity contribution in [1.29, 1.82) is 0 Å². The lowest BCUT2D eigenvalue weighted by Gasteiger charge is -2.14. The first-order valence-electron chi connectivity index (χ1n) is 5.82. The van der Waals surface area contributed by atoms with Crippen LogP contribution in [0, 0.1) is 6.92 Å². The summed E-state index contributed by atoms with van der Waals surface area (Å²) in [5.41, 5.74) is 9.81. The van der Waals surface area contributed by atoms with E-state index >= 15 is 0 Å². The molecule has 0 aromatic heterocycles. The number of aryl methyl sites for hydroxylation is 1. The van der Waals surface area contributed by atoms with Crippen LogP contribution in [0.25, 0.3) is 0 Å². The molecule has 0 aliphatic rings. The van der Waals surface area contributed by atoms with Crippen molar-refractivity contribution in [2.75, 3.05) is 0 Å². The molecule has 2 aromatic rings. The van der Waals surface area contributed by atoms with Gasteiger partial charge >= 0.3 is 0 Å². The van der Waals surface area contributed by atoms with Crippen molar-refractivity contribution in [1.82, 2.24) is 0 Å². The smallest absolute Gasteiger partial charge is 0.0406 e. The van der Waals surface area contributed by atoms with Crippen molar-refractivity contribution in [3.63, 3.8) is 0 Å². The molecule has 0 bridgehead atoms. The van der Waals surface area contributed by atoms with Gasteiger partial charge in [0.15, 0.2) is 0 Å². The van der Waals surface area contributed by atoms with E-state index in [-0.39, 0.29) is 6.04 Å². The van der Waals surface area contributed by atoms with Crippen LogP contribution in [0.2, 0.25) is 5.02 Å². The van der Waals surface area contributed by atoms with Gasteiger partial charge in [0.2, 0.25) is 0 Å². The highest BCUT2D eigenvalue weighted by Gasteiger charge is 2.10. The molecule has 0 aliphatic carbocycles. The Balaban J connectivity index is 2.16. The van der Waals surface area contributed by atoms with Crippen molar-refractivity contribution < 1.29 is 0 Å². The lowest BCUT2D eigenvalue weighted by molar-refractivity contribution is 0.718. The lowest BCUT2D eigenvalue weighted by atomic mass is 9.99. The van der Waals surface area contributed by atoms with Gasteiger partial charge in [0, 0.05) is 15.5 Å². The Hall–Kier alpha value is -0.830. The summed E-state index contributed by atoms with van der Waals surface area (Å²) in [4.78, 5) is 0. The molecular weight excluding hydrogens is 310 g/mol. The van der Waals surface area contributed by atoms with Gasteiger partial charge in [-0.1, -0.05) is 51.8 Å². The topological polar surface area (TPSA) is 26.0 Å². The van der Waals surface area contributed by atoms with E-state index in [9.17, 15) is 0 Å². The van der Waals surface area contributed by atoms with E-state index in [4.69, 9.17) is 17.3 Å². The third-order valence-electron chi connectivity index (χ3n) is 2.92. The standard InChI is InChI=1S/C15H15BrClN/c1-10-2-7-13(14(16)8-10)15(18)9-11-3-5-12(17)6-4-11/h2-8,15H,9,18H2,1H3. The molecule has 1 atom stereocenters. The minimum atomic E-state index is -0.0128. The maximum Gasteiger partial charge on any atom is 0.0406 e. The van der Waals surface area contributed by atoms with E-state index in [1.54, 1.807) is 0 Å². The van der Waals surface area contributed by atoms with E-state index in [0.29, 0.717) is 0 Å². The molecule has 0 saturated carbocycles. The molecule has 3 heteroatoms. The van der Waals surface area contributed by atoms with Gasteiger partial charge in [-0.15, -0.1) is 0 Å². The van der Waals surface area contributed by atoms with Crippen molar-refractivity contribution in [2.45, 2.75) is 19.4 Å². The lowest BCUT2D eigenvalue weighted by Crippen LogP contribution is -2.14. The molecule has 0 amide bonds. The first kappa shape index (κ1) is 13.6. The first-order valence-corrected chi connectivity index (χ1v) is 6.99. The van der Waals surface area contributed by atoms with Gasteiger partial charge in [0.05, 0.1) is 0 Å². The highest BCUT2D eigenvalue weighted by Crippen LogP contribution is 2.26. The van der Waals surface area contributed by atoms with Crippen LogP contribution in [0.1, 0.15) is 22.7 Å². The number of benzene rings is 2. The summed E-state index contributed by atoms with van der Waals surface area (Å²) < 4.78 is 1.07. The molecule has 1 nitrogen and oxygen atoms in total. The molecule has 1 unspecified atom stereocenters. The second-order valence-corrected chi connectivity index (χ2v) is 5.75. The highest BCUT2D eigenvalue weighted by molar-refractivity contribution is 9.10. The number of hydrogen-bond acceptors (Lipinski definition) is 1. The van der Waals surface area contributed by atoms with Crippen molar-refractivity contribution >= 4 is 27.5 Å². The van der Waals surface area contributed by atoms with Crippen LogP contribution in [-0.4, -0.2) is 0 Å². The van der Waals surface area contributed by atoms with Crippen molar-refractivity contribution in [3.05, 3.63) is 68.7 Å². The van der Waals surface area contributed by atoms with E-state index in [1.165, 1.54) is 11.1 Å². The Morgan fingerprint density at radius 2 is 1.83 bits per heavy atom. The number of rotatable bonds is 3. The Labute approximate surface area is 121 Å².